The number of nitrogens with zero attached hydrogens (tertiary/aromatic N) is 2. The van der Waals surface area contributed by atoms with Crippen molar-refractivity contribution in [2.75, 3.05) is 0 Å². The first kappa shape index (κ1) is 9.38. The second-order valence-electron chi connectivity index (χ2n) is 2.65. The molecule has 0 aliphatic heterocycles. The Hall–Kier alpha value is -1.18. The lowest BCUT2D eigenvalue weighted by Crippen LogP contribution is -1.73. The molecule has 4 heteroatoms. The summed E-state index contributed by atoms with van der Waals surface area (Å²) in [5, 5.41) is 9.54. The molecule has 0 atom stereocenters. The van der Waals surface area contributed by atoms with Crippen molar-refractivity contribution in [3.63, 3.8) is 0 Å². The van der Waals surface area contributed by atoms with Crippen LogP contribution in [0.1, 0.15) is 4.88 Å². The molecule has 0 saturated carbocycles. The molecular formula is C10H5BrN2S. The largest absolute Gasteiger partial charge is 0.243 e. The van der Waals surface area contributed by atoms with Gasteiger partial charge in [-0.15, -0.1) is 11.3 Å². The normalized spacial score (nSPS) is 9.71. The molecule has 0 unspecified atom stereocenters. The van der Waals surface area contributed by atoms with E-state index in [0.717, 1.165) is 15.0 Å². The van der Waals surface area contributed by atoms with E-state index in [4.69, 9.17) is 5.26 Å². The van der Waals surface area contributed by atoms with Crippen LogP contribution in [0.25, 0.3) is 10.6 Å². The fraction of sp³-hybridized carbons (Fsp3) is 0. The van der Waals surface area contributed by atoms with Crippen molar-refractivity contribution in [2.24, 2.45) is 0 Å². The van der Waals surface area contributed by atoms with Gasteiger partial charge in [0.05, 0.1) is 6.20 Å². The monoisotopic (exact) mass is 264 g/mol. The standard InChI is InChI=1S/C10H5BrN2S/c11-8-3-1-7(2-4-8)10-13-6-9(5-12)14-10/h1-4,6H. The van der Waals surface area contributed by atoms with Crippen LogP contribution in [0, 0.1) is 11.3 Å². The number of rotatable bonds is 1. The van der Waals surface area contributed by atoms with Crippen LogP contribution < -0.4 is 0 Å². The second kappa shape index (κ2) is 3.91. The molecule has 1 aromatic heterocycles. The van der Waals surface area contributed by atoms with Crippen LogP contribution in [0.5, 0.6) is 0 Å². The van der Waals surface area contributed by atoms with Crippen LogP contribution in [0.4, 0.5) is 0 Å². The predicted octanol–water partition coefficient (Wildman–Crippen LogP) is 3.44. The highest BCUT2D eigenvalue weighted by Crippen LogP contribution is 2.25. The molecule has 0 saturated heterocycles. The third-order valence-corrected chi connectivity index (χ3v) is 3.19. The third kappa shape index (κ3) is 1.84. The van der Waals surface area contributed by atoms with Gasteiger partial charge < -0.3 is 0 Å². The SMILES string of the molecule is N#Cc1cnc(-c2ccc(Br)cc2)s1. The molecule has 0 fully saturated rings. The number of nitriles is 1. The maximum absolute atomic E-state index is 8.65. The highest BCUT2D eigenvalue weighted by Gasteiger charge is 2.03. The minimum atomic E-state index is 0.642. The summed E-state index contributed by atoms with van der Waals surface area (Å²) < 4.78 is 1.04. The molecule has 14 heavy (non-hydrogen) atoms. The zero-order valence-corrected chi connectivity index (χ0v) is 9.47. The Kier molecular flexibility index (Phi) is 2.62. The fourth-order valence-corrected chi connectivity index (χ4v) is 2.03. The van der Waals surface area contributed by atoms with E-state index in [1.807, 2.05) is 24.3 Å². The molecule has 2 rings (SSSR count). The van der Waals surface area contributed by atoms with Crippen LogP contribution in [-0.2, 0) is 0 Å². The minimum absolute atomic E-state index is 0.642. The van der Waals surface area contributed by atoms with Gasteiger partial charge >= 0.3 is 0 Å². The number of benzene rings is 1. The summed E-state index contributed by atoms with van der Waals surface area (Å²) in [6, 6.07) is 9.95. The minimum Gasteiger partial charge on any atom is -0.243 e. The molecule has 0 aliphatic carbocycles. The highest BCUT2D eigenvalue weighted by atomic mass is 79.9. The molecule has 0 spiro atoms. The Morgan fingerprint density at radius 1 is 1.29 bits per heavy atom. The zero-order valence-electron chi connectivity index (χ0n) is 7.07. The van der Waals surface area contributed by atoms with E-state index in [1.54, 1.807) is 6.20 Å². The lowest BCUT2D eigenvalue weighted by molar-refractivity contribution is 1.40. The topological polar surface area (TPSA) is 36.7 Å². The molecule has 0 aliphatic rings. The summed E-state index contributed by atoms with van der Waals surface area (Å²) in [6.45, 7) is 0. The summed E-state index contributed by atoms with van der Waals surface area (Å²) in [4.78, 5) is 4.81. The molecule has 1 aromatic carbocycles. The smallest absolute Gasteiger partial charge is 0.125 e. The van der Waals surface area contributed by atoms with E-state index in [-0.39, 0.29) is 0 Å². The third-order valence-electron chi connectivity index (χ3n) is 1.71. The van der Waals surface area contributed by atoms with E-state index >= 15 is 0 Å². The van der Waals surface area contributed by atoms with Crippen LogP contribution >= 0.6 is 27.3 Å². The van der Waals surface area contributed by atoms with Gasteiger partial charge in [-0.05, 0) is 12.1 Å². The van der Waals surface area contributed by atoms with Crippen molar-refractivity contribution < 1.29 is 0 Å². The molecule has 0 N–H and O–H groups in total. The summed E-state index contributed by atoms with van der Waals surface area (Å²) >= 11 is 4.77. The Morgan fingerprint density at radius 3 is 2.57 bits per heavy atom. The van der Waals surface area contributed by atoms with Gasteiger partial charge in [0.25, 0.3) is 0 Å². The number of hydrogen-bond donors (Lipinski definition) is 0. The molecule has 1 heterocycles. The van der Waals surface area contributed by atoms with Crippen LogP contribution in [-0.4, -0.2) is 4.98 Å². The molecule has 2 nitrogen and oxygen atoms in total. The van der Waals surface area contributed by atoms with Gasteiger partial charge in [0.15, 0.2) is 0 Å². The number of aromatic nitrogens is 1. The number of halogens is 1. The number of hydrogen-bond acceptors (Lipinski definition) is 3. The fourth-order valence-electron chi connectivity index (χ4n) is 1.05. The maximum atomic E-state index is 8.65. The van der Waals surface area contributed by atoms with Crippen molar-refractivity contribution >= 4 is 27.3 Å². The second-order valence-corrected chi connectivity index (χ2v) is 4.59. The van der Waals surface area contributed by atoms with Crippen LogP contribution in [0.15, 0.2) is 34.9 Å². The van der Waals surface area contributed by atoms with Crippen molar-refractivity contribution in [2.45, 2.75) is 0 Å². The van der Waals surface area contributed by atoms with Gasteiger partial charge in [-0.2, -0.15) is 5.26 Å². The van der Waals surface area contributed by atoms with Gasteiger partial charge in [0, 0.05) is 10.0 Å². The maximum Gasteiger partial charge on any atom is 0.125 e. The van der Waals surface area contributed by atoms with Gasteiger partial charge in [-0.25, -0.2) is 4.98 Å². The van der Waals surface area contributed by atoms with Gasteiger partial charge in [0.1, 0.15) is 16.0 Å². The van der Waals surface area contributed by atoms with E-state index in [1.165, 1.54) is 11.3 Å². The Bertz CT molecular complexity index is 482. The highest BCUT2D eigenvalue weighted by molar-refractivity contribution is 9.10. The molecule has 2 aromatic rings. The molecular weight excluding hydrogens is 260 g/mol. The average Bonchev–Trinajstić information content (AvgIpc) is 2.67. The van der Waals surface area contributed by atoms with Crippen molar-refractivity contribution in [1.82, 2.24) is 4.98 Å². The molecule has 68 valence electrons. The first-order chi connectivity index (χ1) is 6.79. The number of thiazole rings is 1. The van der Waals surface area contributed by atoms with Gasteiger partial charge in [-0.1, -0.05) is 28.1 Å². The quantitative estimate of drug-likeness (QED) is 0.791. The first-order valence-corrected chi connectivity index (χ1v) is 5.52. The summed E-state index contributed by atoms with van der Waals surface area (Å²) in [7, 11) is 0. The lowest BCUT2D eigenvalue weighted by atomic mass is 10.2. The zero-order chi connectivity index (χ0) is 9.97. The van der Waals surface area contributed by atoms with Crippen molar-refractivity contribution in [3.8, 4) is 16.6 Å². The van der Waals surface area contributed by atoms with Gasteiger partial charge in [-0.3, -0.25) is 0 Å². The first-order valence-electron chi connectivity index (χ1n) is 3.91. The van der Waals surface area contributed by atoms with E-state index in [0.29, 0.717) is 4.88 Å². The molecule has 0 amide bonds. The molecule has 0 radical (unpaired) electrons. The average molecular weight is 265 g/mol. The predicted molar refractivity (Wildman–Crippen MR) is 60.0 cm³/mol. The van der Waals surface area contributed by atoms with Crippen molar-refractivity contribution in [1.29, 1.82) is 5.26 Å². The van der Waals surface area contributed by atoms with Crippen LogP contribution in [0.3, 0.4) is 0 Å². The van der Waals surface area contributed by atoms with E-state index in [2.05, 4.69) is 27.0 Å². The lowest BCUT2D eigenvalue weighted by Gasteiger charge is -1.94. The summed E-state index contributed by atoms with van der Waals surface area (Å²) in [5.74, 6) is 0. The van der Waals surface area contributed by atoms with Gasteiger partial charge in [0.2, 0.25) is 0 Å². The Morgan fingerprint density at radius 2 is 2.00 bits per heavy atom. The summed E-state index contributed by atoms with van der Waals surface area (Å²) in [6.07, 6.45) is 1.60. The summed E-state index contributed by atoms with van der Waals surface area (Å²) in [5.41, 5.74) is 1.04. The molecule has 0 bridgehead atoms. The Balaban J connectivity index is 2.40. The van der Waals surface area contributed by atoms with Crippen LogP contribution in [0.2, 0.25) is 0 Å². The van der Waals surface area contributed by atoms with E-state index < -0.39 is 0 Å². The van der Waals surface area contributed by atoms with E-state index in [9.17, 15) is 0 Å². The Labute approximate surface area is 94.0 Å². The van der Waals surface area contributed by atoms with Crippen molar-refractivity contribution in [3.05, 3.63) is 39.8 Å².